The zero-order valence-corrected chi connectivity index (χ0v) is 9.39. The Bertz CT molecular complexity index is 400. The van der Waals surface area contributed by atoms with E-state index >= 15 is 0 Å². The molecular formula is C9H6BrClN2O. The monoisotopic (exact) mass is 272 g/mol. The Morgan fingerprint density at radius 1 is 1.64 bits per heavy atom. The number of rotatable bonds is 2. The summed E-state index contributed by atoms with van der Waals surface area (Å²) in [6.07, 6.45) is 0. The molecule has 72 valence electrons. The van der Waals surface area contributed by atoms with Crippen LogP contribution in [0, 0.1) is 11.3 Å². The van der Waals surface area contributed by atoms with E-state index in [9.17, 15) is 4.79 Å². The average molecular weight is 274 g/mol. The minimum atomic E-state index is -0.294. The van der Waals surface area contributed by atoms with E-state index in [2.05, 4.69) is 21.2 Å². The predicted molar refractivity (Wildman–Crippen MR) is 58.2 cm³/mol. The van der Waals surface area contributed by atoms with E-state index in [0.29, 0.717) is 15.7 Å². The predicted octanol–water partition coefficient (Wildman–Crippen LogP) is 2.50. The number of nitrogens with zero attached hydrogens (tertiary/aromatic N) is 1. The van der Waals surface area contributed by atoms with E-state index in [1.54, 1.807) is 18.2 Å². The van der Waals surface area contributed by atoms with Gasteiger partial charge in [0.25, 0.3) is 0 Å². The molecule has 0 atom stereocenters. The number of alkyl halides is 1. The molecule has 1 aromatic rings. The fourth-order valence-corrected chi connectivity index (χ4v) is 1.29. The van der Waals surface area contributed by atoms with Gasteiger partial charge in [0.1, 0.15) is 11.9 Å². The molecule has 1 N–H and O–H groups in total. The molecule has 1 rings (SSSR count). The second-order valence-electron chi connectivity index (χ2n) is 2.49. The third kappa shape index (κ3) is 2.72. The summed E-state index contributed by atoms with van der Waals surface area (Å²) in [6.45, 7) is 0. The number of hydrogen-bond donors (Lipinski definition) is 1. The minimum Gasteiger partial charge on any atom is -0.325 e. The van der Waals surface area contributed by atoms with Crippen LogP contribution in [0.2, 0.25) is 0 Å². The Labute approximate surface area is 94.8 Å². The van der Waals surface area contributed by atoms with Gasteiger partial charge < -0.3 is 5.32 Å². The van der Waals surface area contributed by atoms with Crippen LogP contribution in [0.15, 0.2) is 22.7 Å². The maximum absolute atomic E-state index is 10.9. The minimum absolute atomic E-state index is 0.0993. The molecule has 0 aromatic heterocycles. The number of carbonyl (C=O) groups excluding carboxylic acids is 1. The molecule has 5 heteroatoms. The van der Waals surface area contributed by atoms with Crippen molar-refractivity contribution in [2.24, 2.45) is 0 Å². The van der Waals surface area contributed by atoms with Gasteiger partial charge in [-0.2, -0.15) is 5.26 Å². The SMILES string of the molecule is N#Cc1cc(NC(=O)CCl)ccc1Br. The van der Waals surface area contributed by atoms with Crippen LogP contribution in [-0.4, -0.2) is 11.8 Å². The first-order chi connectivity index (χ1) is 6.67. The van der Waals surface area contributed by atoms with Crippen molar-refractivity contribution in [1.82, 2.24) is 0 Å². The fraction of sp³-hybridized carbons (Fsp3) is 0.111. The summed E-state index contributed by atoms with van der Waals surface area (Å²) in [7, 11) is 0. The van der Waals surface area contributed by atoms with Crippen molar-refractivity contribution >= 4 is 39.1 Å². The van der Waals surface area contributed by atoms with Crippen LogP contribution in [0.5, 0.6) is 0 Å². The summed E-state index contributed by atoms with van der Waals surface area (Å²) >= 11 is 8.53. The van der Waals surface area contributed by atoms with Crippen LogP contribution in [-0.2, 0) is 4.79 Å². The molecule has 0 aliphatic carbocycles. The van der Waals surface area contributed by atoms with Crippen LogP contribution in [0.25, 0.3) is 0 Å². The topological polar surface area (TPSA) is 52.9 Å². The van der Waals surface area contributed by atoms with Gasteiger partial charge in [-0.3, -0.25) is 4.79 Å². The zero-order valence-electron chi connectivity index (χ0n) is 7.05. The number of halogens is 2. The third-order valence-electron chi connectivity index (χ3n) is 1.49. The summed E-state index contributed by atoms with van der Waals surface area (Å²) in [4.78, 5) is 10.9. The van der Waals surface area contributed by atoms with Crippen LogP contribution in [0.4, 0.5) is 5.69 Å². The van der Waals surface area contributed by atoms with Crippen LogP contribution < -0.4 is 5.32 Å². The van der Waals surface area contributed by atoms with Gasteiger partial charge in [0.2, 0.25) is 5.91 Å². The van der Waals surface area contributed by atoms with Crippen LogP contribution in [0.1, 0.15) is 5.56 Å². The Hall–Kier alpha value is -1.05. The van der Waals surface area contributed by atoms with Crippen molar-refractivity contribution in [2.75, 3.05) is 11.2 Å². The summed E-state index contributed by atoms with van der Waals surface area (Å²) in [5, 5.41) is 11.3. The second-order valence-corrected chi connectivity index (χ2v) is 3.61. The molecule has 0 radical (unpaired) electrons. The lowest BCUT2D eigenvalue weighted by atomic mass is 10.2. The molecular weight excluding hydrogens is 267 g/mol. The van der Waals surface area contributed by atoms with Gasteiger partial charge in [-0.25, -0.2) is 0 Å². The van der Waals surface area contributed by atoms with Crippen LogP contribution >= 0.6 is 27.5 Å². The van der Waals surface area contributed by atoms with Gasteiger partial charge in [-0.1, -0.05) is 0 Å². The smallest absolute Gasteiger partial charge is 0.239 e. The second kappa shape index (κ2) is 4.99. The molecule has 1 amide bonds. The molecule has 0 aliphatic heterocycles. The molecule has 0 fully saturated rings. The Morgan fingerprint density at radius 2 is 2.36 bits per heavy atom. The molecule has 0 saturated heterocycles. The van der Waals surface area contributed by atoms with Gasteiger partial charge in [-0.05, 0) is 34.1 Å². The van der Waals surface area contributed by atoms with Gasteiger partial charge in [-0.15, -0.1) is 11.6 Å². The quantitative estimate of drug-likeness (QED) is 0.842. The van der Waals surface area contributed by atoms with Crippen molar-refractivity contribution in [3.63, 3.8) is 0 Å². The summed E-state index contributed by atoms with van der Waals surface area (Å²) in [5.41, 5.74) is 1.03. The number of nitriles is 1. The Balaban J connectivity index is 2.91. The summed E-state index contributed by atoms with van der Waals surface area (Å²) in [6, 6.07) is 6.96. The fourth-order valence-electron chi connectivity index (χ4n) is 0.883. The highest BCUT2D eigenvalue weighted by Gasteiger charge is 2.03. The third-order valence-corrected chi connectivity index (χ3v) is 2.43. The van der Waals surface area contributed by atoms with Crippen molar-refractivity contribution in [2.45, 2.75) is 0 Å². The van der Waals surface area contributed by atoms with Crippen LogP contribution in [0.3, 0.4) is 0 Å². The largest absolute Gasteiger partial charge is 0.325 e. The van der Waals surface area contributed by atoms with Crippen molar-refractivity contribution < 1.29 is 4.79 Å². The number of hydrogen-bond acceptors (Lipinski definition) is 2. The molecule has 0 heterocycles. The van der Waals surface area contributed by atoms with Crippen molar-refractivity contribution in [1.29, 1.82) is 5.26 Å². The summed E-state index contributed by atoms with van der Waals surface area (Å²) in [5.74, 6) is -0.393. The number of anilines is 1. The first kappa shape index (κ1) is 11.0. The van der Waals surface area contributed by atoms with Crippen molar-refractivity contribution in [3.05, 3.63) is 28.2 Å². The summed E-state index contributed by atoms with van der Waals surface area (Å²) < 4.78 is 0.698. The average Bonchev–Trinajstić information content (AvgIpc) is 2.20. The highest BCUT2D eigenvalue weighted by Crippen LogP contribution is 2.20. The van der Waals surface area contributed by atoms with Gasteiger partial charge in [0.05, 0.1) is 5.56 Å². The molecule has 0 bridgehead atoms. The lowest BCUT2D eigenvalue weighted by molar-refractivity contribution is -0.113. The zero-order chi connectivity index (χ0) is 10.6. The Kier molecular flexibility index (Phi) is 3.93. The molecule has 3 nitrogen and oxygen atoms in total. The lowest BCUT2D eigenvalue weighted by Gasteiger charge is -2.03. The first-order valence-electron chi connectivity index (χ1n) is 3.73. The Morgan fingerprint density at radius 3 is 2.93 bits per heavy atom. The van der Waals surface area contributed by atoms with Gasteiger partial charge in [0, 0.05) is 10.2 Å². The van der Waals surface area contributed by atoms with E-state index in [0.717, 1.165) is 0 Å². The van der Waals surface area contributed by atoms with E-state index in [4.69, 9.17) is 16.9 Å². The molecule has 0 spiro atoms. The normalized spacial score (nSPS) is 9.21. The van der Waals surface area contributed by atoms with E-state index in [1.807, 2.05) is 6.07 Å². The molecule has 14 heavy (non-hydrogen) atoms. The van der Waals surface area contributed by atoms with Gasteiger partial charge >= 0.3 is 0 Å². The highest BCUT2D eigenvalue weighted by molar-refractivity contribution is 9.10. The number of benzene rings is 1. The molecule has 0 saturated carbocycles. The van der Waals surface area contributed by atoms with E-state index in [1.165, 1.54) is 0 Å². The highest BCUT2D eigenvalue weighted by atomic mass is 79.9. The number of amides is 1. The maximum Gasteiger partial charge on any atom is 0.239 e. The maximum atomic E-state index is 10.9. The van der Waals surface area contributed by atoms with Gasteiger partial charge in [0.15, 0.2) is 0 Å². The number of carbonyl (C=O) groups is 1. The van der Waals surface area contributed by atoms with E-state index in [-0.39, 0.29) is 11.8 Å². The van der Waals surface area contributed by atoms with E-state index < -0.39 is 0 Å². The lowest BCUT2D eigenvalue weighted by Crippen LogP contribution is -2.12. The molecule has 1 aromatic carbocycles. The first-order valence-corrected chi connectivity index (χ1v) is 5.05. The molecule has 0 aliphatic rings. The standard InChI is InChI=1S/C9H6BrClN2O/c10-8-2-1-7(3-6(8)5-12)13-9(14)4-11/h1-3H,4H2,(H,13,14). The van der Waals surface area contributed by atoms with Crippen molar-refractivity contribution in [3.8, 4) is 6.07 Å². The molecule has 0 unspecified atom stereocenters. The number of nitrogens with one attached hydrogen (secondary N) is 1.